The minimum atomic E-state index is -0.0544. The predicted molar refractivity (Wildman–Crippen MR) is 87.1 cm³/mol. The van der Waals surface area contributed by atoms with Gasteiger partial charge in [0.1, 0.15) is 5.75 Å². The molecule has 0 aliphatic heterocycles. The molecule has 0 spiro atoms. The summed E-state index contributed by atoms with van der Waals surface area (Å²) >= 11 is 1.74. The second kappa shape index (κ2) is 7.81. The van der Waals surface area contributed by atoms with Crippen LogP contribution in [0.2, 0.25) is 0 Å². The van der Waals surface area contributed by atoms with Gasteiger partial charge >= 0.3 is 0 Å². The van der Waals surface area contributed by atoms with Crippen molar-refractivity contribution in [3.05, 3.63) is 46.7 Å². The molecule has 1 aromatic carbocycles. The molecule has 0 saturated heterocycles. The van der Waals surface area contributed by atoms with Crippen molar-refractivity contribution in [3.8, 4) is 5.75 Å². The summed E-state index contributed by atoms with van der Waals surface area (Å²) in [5, 5.41) is 8.15. The number of hydrogen-bond donors (Lipinski definition) is 2. The smallest absolute Gasteiger partial charge is 0.238 e. The Kier molecular flexibility index (Phi) is 5.78. The van der Waals surface area contributed by atoms with Gasteiger partial charge in [-0.1, -0.05) is 12.1 Å². The molecule has 2 rings (SSSR count). The van der Waals surface area contributed by atoms with Crippen LogP contribution in [0.25, 0.3) is 0 Å². The fourth-order valence-electron chi connectivity index (χ4n) is 1.98. The average Bonchev–Trinajstić information content (AvgIpc) is 2.98. The van der Waals surface area contributed by atoms with Crippen molar-refractivity contribution in [2.75, 3.05) is 19.0 Å². The zero-order valence-corrected chi connectivity index (χ0v) is 13.1. The number of benzene rings is 1. The van der Waals surface area contributed by atoms with Gasteiger partial charge in [-0.05, 0) is 36.9 Å². The van der Waals surface area contributed by atoms with Crippen LogP contribution in [-0.4, -0.2) is 25.6 Å². The van der Waals surface area contributed by atoms with Gasteiger partial charge in [-0.15, -0.1) is 11.3 Å². The highest BCUT2D eigenvalue weighted by Gasteiger charge is 2.07. The maximum Gasteiger partial charge on any atom is 0.238 e. The summed E-state index contributed by atoms with van der Waals surface area (Å²) < 4.78 is 5.13. The number of rotatable bonds is 7. The molecule has 4 nitrogen and oxygen atoms in total. The largest absolute Gasteiger partial charge is 0.497 e. The van der Waals surface area contributed by atoms with Gasteiger partial charge < -0.3 is 15.4 Å². The second-order valence-electron chi connectivity index (χ2n) is 4.85. The van der Waals surface area contributed by atoms with Crippen molar-refractivity contribution in [1.29, 1.82) is 0 Å². The zero-order chi connectivity index (χ0) is 15.1. The summed E-state index contributed by atoms with van der Waals surface area (Å²) in [6.45, 7) is 2.38. The molecule has 1 unspecified atom stereocenters. The summed E-state index contributed by atoms with van der Waals surface area (Å²) in [7, 11) is 1.61. The van der Waals surface area contributed by atoms with Crippen molar-refractivity contribution in [1.82, 2.24) is 5.32 Å². The highest BCUT2D eigenvalue weighted by Crippen LogP contribution is 2.16. The molecular formula is C16H20N2O2S. The zero-order valence-electron chi connectivity index (χ0n) is 12.3. The number of thiophene rings is 1. The van der Waals surface area contributed by atoms with Gasteiger partial charge in [0.15, 0.2) is 0 Å². The lowest BCUT2D eigenvalue weighted by atomic mass is 10.2. The van der Waals surface area contributed by atoms with Crippen molar-refractivity contribution >= 4 is 22.9 Å². The van der Waals surface area contributed by atoms with E-state index in [4.69, 9.17) is 4.74 Å². The number of anilines is 1. The summed E-state index contributed by atoms with van der Waals surface area (Å²) in [5.74, 6) is 0.674. The Bertz CT molecular complexity index is 569. The molecule has 5 heteroatoms. The van der Waals surface area contributed by atoms with E-state index in [1.54, 1.807) is 24.5 Å². The van der Waals surface area contributed by atoms with Gasteiger partial charge in [0.05, 0.1) is 13.7 Å². The number of ether oxygens (including phenoxy) is 1. The van der Waals surface area contributed by atoms with Gasteiger partial charge in [0, 0.05) is 22.7 Å². The second-order valence-corrected chi connectivity index (χ2v) is 5.88. The van der Waals surface area contributed by atoms with Crippen molar-refractivity contribution < 1.29 is 9.53 Å². The molecule has 0 aliphatic carbocycles. The number of amides is 1. The summed E-state index contributed by atoms with van der Waals surface area (Å²) in [4.78, 5) is 13.2. The van der Waals surface area contributed by atoms with Crippen LogP contribution < -0.4 is 15.4 Å². The molecule has 0 radical (unpaired) electrons. The van der Waals surface area contributed by atoms with E-state index >= 15 is 0 Å². The van der Waals surface area contributed by atoms with Crippen LogP contribution in [0, 0.1) is 0 Å². The molecule has 2 aromatic rings. The third-order valence-corrected chi connectivity index (χ3v) is 3.95. The fourth-order valence-corrected chi connectivity index (χ4v) is 2.81. The number of nitrogens with one attached hydrogen (secondary N) is 2. The van der Waals surface area contributed by atoms with Crippen molar-refractivity contribution in [2.45, 2.75) is 19.4 Å². The molecule has 0 saturated carbocycles. The van der Waals surface area contributed by atoms with Crippen LogP contribution in [0.1, 0.15) is 11.8 Å². The number of methoxy groups -OCH3 is 1. The minimum Gasteiger partial charge on any atom is -0.497 e. The molecule has 0 bridgehead atoms. The molecule has 1 amide bonds. The van der Waals surface area contributed by atoms with E-state index in [9.17, 15) is 4.79 Å². The topological polar surface area (TPSA) is 50.4 Å². The van der Waals surface area contributed by atoms with E-state index < -0.39 is 0 Å². The van der Waals surface area contributed by atoms with Crippen LogP contribution in [-0.2, 0) is 11.2 Å². The lowest BCUT2D eigenvalue weighted by Crippen LogP contribution is -2.35. The Hall–Kier alpha value is -1.85. The standard InChI is InChI=1S/C16H20N2O2S/c1-12(9-15-7-4-8-21-15)17-11-16(19)18-13-5-3-6-14(10-13)20-2/h3-8,10,12,17H,9,11H2,1-2H3,(H,18,19). The van der Waals surface area contributed by atoms with Gasteiger partial charge in [-0.2, -0.15) is 0 Å². The molecular weight excluding hydrogens is 284 g/mol. The lowest BCUT2D eigenvalue weighted by Gasteiger charge is -2.13. The van der Waals surface area contributed by atoms with Crippen LogP contribution in [0.3, 0.4) is 0 Å². The van der Waals surface area contributed by atoms with Crippen LogP contribution in [0.15, 0.2) is 41.8 Å². The van der Waals surface area contributed by atoms with Gasteiger partial charge in [0.2, 0.25) is 5.91 Å². The highest BCUT2D eigenvalue weighted by atomic mass is 32.1. The number of carbonyl (C=O) groups is 1. The van der Waals surface area contributed by atoms with E-state index in [0.29, 0.717) is 6.54 Å². The van der Waals surface area contributed by atoms with Crippen LogP contribution in [0.5, 0.6) is 5.75 Å². The molecule has 2 N–H and O–H groups in total. The summed E-state index contributed by atoms with van der Waals surface area (Å²) in [6.07, 6.45) is 0.935. The molecule has 21 heavy (non-hydrogen) atoms. The molecule has 1 heterocycles. The first-order valence-electron chi connectivity index (χ1n) is 6.87. The Morgan fingerprint density at radius 1 is 1.33 bits per heavy atom. The SMILES string of the molecule is COc1cccc(NC(=O)CNC(C)Cc2cccs2)c1. The molecule has 112 valence electrons. The number of carbonyl (C=O) groups excluding carboxylic acids is 1. The maximum atomic E-state index is 11.9. The summed E-state index contributed by atoms with van der Waals surface area (Å²) in [6, 6.07) is 11.8. The molecule has 1 atom stereocenters. The van der Waals surface area contributed by atoms with E-state index in [-0.39, 0.29) is 11.9 Å². The third-order valence-electron chi connectivity index (χ3n) is 3.05. The maximum absolute atomic E-state index is 11.9. The van der Waals surface area contributed by atoms with Gasteiger partial charge in [0.25, 0.3) is 0 Å². The average molecular weight is 304 g/mol. The third kappa shape index (κ3) is 5.21. The van der Waals surface area contributed by atoms with Gasteiger partial charge in [-0.25, -0.2) is 0 Å². The molecule has 1 aromatic heterocycles. The first-order chi connectivity index (χ1) is 10.2. The van der Waals surface area contributed by atoms with Gasteiger partial charge in [-0.3, -0.25) is 4.79 Å². The van der Waals surface area contributed by atoms with E-state index in [0.717, 1.165) is 17.9 Å². The minimum absolute atomic E-state index is 0.0544. The number of hydrogen-bond acceptors (Lipinski definition) is 4. The monoisotopic (exact) mass is 304 g/mol. The van der Waals surface area contributed by atoms with E-state index in [2.05, 4.69) is 29.0 Å². The lowest BCUT2D eigenvalue weighted by molar-refractivity contribution is -0.115. The molecule has 0 fully saturated rings. The van der Waals surface area contributed by atoms with Crippen molar-refractivity contribution in [3.63, 3.8) is 0 Å². The Morgan fingerprint density at radius 3 is 2.90 bits per heavy atom. The summed E-state index contributed by atoms with van der Waals surface area (Å²) in [5.41, 5.74) is 0.743. The van der Waals surface area contributed by atoms with E-state index in [1.807, 2.05) is 24.3 Å². The Morgan fingerprint density at radius 2 is 2.19 bits per heavy atom. The first kappa shape index (κ1) is 15.5. The Labute approximate surface area is 129 Å². The Balaban J connectivity index is 1.76. The van der Waals surface area contributed by atoms with Crippen molar-refractivity contribution in [2.24, 2.45) is 0 Å². The molecule has 0 aliphatic rings. The van der Waals surface area contributed by atoms with E-state index in [1.165, 1.54) is 4.88 Å². The van der Waals surface area contributed by atoms with Crippen LogP contribution >= 0.6 is 11.3 Å². The highest BCUT2D eigenvalue weighted by molar-refractivity contribution is 7.09. The first-order valence-corrected chi connectivity index (χ1v) is 7.75. The quantitative estimate of drug-likeness (QED) is 0.827. The van der Waals surface area contributed by atoms with Crippen LogP contribution in [0.4, 0.5) is 5.69 Å². The fraction of sp³-hybridized carbons (Fsp3) is 0.312. The predicted octanol–water partition coefficient (Wildman–Crippen LogP) is 2.92. The normalized spacial score (nSPS) is 11.9.